The lowest BCUT2D eigenvalue weighted by molar-refractivity contribution is -0.130. The summed E-state index contributed by atoms with van der Waals surface area (Å²) >= 11 is 5.87. The van der Waals surface area contributed by atoms with Crippen molar-refractivity contribution in [1.82, 2.24) is 20.0 Å². The van der Waals surface area contributed by atoms with Gasteiger partial charge in [0, 0.05) is 44.7 Å². The van der Waals surface area contributed by atoms with Crippen molar-refractivity contribution in [1.29, 1.82) is 0 Å². The molecule has 1 fully saturated rings. The standard InChI is InChI=1S/C18H20ClN5O2/c1-13(25)23-8-10-24(11-9-23)18(26)16-6-7-17(22-21-16)20-12-14-2-4-15(19)5-3-14/h2-7H,8-12H2,1H3,(H,20,22). The normalized spacial score (nSPS) is 14.2. The number of carbonyl (C=O) groups is 2. The molecule has 1 saturated heterocycles. The largest absolute Gasteiger partial charge is 0.365 e. The van der Waals surface area contributed by atoms with Crippen LogP contribution in [0.5, 0.6) is 0 Å². The van der Waals surface area contributed by atoms with Gasteiger partial charge in [-0.25, -0.2) is 0 Å². The maximum atomic E-state index is 12.5. The molecule has 0 radical (unpaired) electrons. The second-order valence-electron chi connectivity index (χ2n) is 6.08. The second-order valence-corrected chi connectivity index (χ2v) is 6.52. The summed E-state index contributed by atoms with van der Waals surface area (Å²) in [4.78, 5) is 27.3. The number of benzene rings is 1. The van der Waals surface area contributed by atoms with Crippen molar-refractivity contribution < 1.29 is 9.59 Å². The lowest BCUT2D eigenvalue weighted by Gasteiger charge is -2.33. The molecule has 8 heteroatoms. The zero-order chi connectivity index (χ0) is 18.5. The molecular formula is C18H20ClN5O2. The van der Waals surface area contributed by atoms with Gasteiger partial charge in [0.25, 0.3) is 5.91 Å². The van der Waals surface area contributed by atoms with Gasteiger partial charge in [-0.2, -0.15) is 0 Å². The number of nitrogens with zero attached hydrogens (tertiary/aromatic N) is 4. The van der Waals surface area contributed by atoms with Crippen LogP contribution in [0.1, 0.15) is 23.0 Å². The fourth-order valence-corrected chi connectivity index (χ4v) is 2.85. The zero-order valence-electron chi connectivity index (χ0n) is 14.5. The molecule has 3 rings (SSSR count). The molecule has 26 heavy (non-hydrogen) atoms. The predicted octanol–water partition coefficient (Wildman–Crippen LogP) is 2.05. The van der Waals surface area contributed by atoms with E-state index in [9.17, 15) is 9.59 Å². The summed E-state index contributed by atoms with van der Waals surface area (Å²) in [5.41, 5.74) is 1.37. The smallest absolute Gasteiger partial charge is 0.274 e. The van der Waals surface area contributed by atoms with Crippen LogP contribution in [0.4, 0.5) is 5.82 Å². The molecule has 2 aromatic rings. The van der Waals surface area contributed by atoms with Crippen LogP contribution in [0.3, 0.4) is 0 Å². The molecule has 1 aliphatic rings. The fourth-order valence-electron chi connectivity index (χ4n) is 2.72. The number of amides is 2. The maximum absolute atomic E-state index is 12.5. The SMILES string of the molecule is CC(=O)N1CCN(C(=O)c2ccc(NCc3ccc(Cl)cc3)nn2)CC1. The molecule has 0 aliphatic carbocycles. The molecule has 0 bridgehead atoms. The Morgan fingerprint density at radius 1 is 1.00 bits per heavy atom. The highest BCUT2D eigenvalue weighted by atomic mass is 35.5. The average molecular weight is 374 g/mol. The number of hydrogen-bond acceptors (Lipinski definition) is 5. The van der Waals surface area contributed by atoms with Crippen molar-refractivity contribution in [3.05, 3.63) is 52.7 Å². The van der Waals surface area contributed by atoms with Gasteiger partial charge in [-0.05, 0) is 29.8 Å². The molecule has 1 aromatic heterocycles. The number of nitrogens with one attached hydrogen (secondary N) is 1. The highest BCUT2D eigenvalue weighted by molar-refractivity contribution is 6.30. The Bertz CT molecular complexity index is 771. The Morgan fingerprint density at radius 3 is 2.23 bits per heavy atom. The summed E-state index contributed by atoms with van der Waals surface area (Å²) in [7, 11) is 0. The molecular weight excluding hydrogens is 354 g/mol. The van der Waals surface area contributed by atoms with Gasteiger partial charge in [-0.15, -0.1) is 10.2 Å². The van der Waals surface area contributed by atoms with Crippen LogP contribution >= 0.6 is 11.6 Å². The first-order valence-corrected chi connectivity index (χ1v) is 8.77. The van der Waals surface area contributed by atoms with E-state index in [1.165, 1.54) is 0 Å². The van der Waals surface area contributed by atoms with Crippen molar-refractivity contribution >= 4 is 29.2 Å². The van der Waals surface area contributed by atoms with E-state index >= 15 is 0 Å². The molecule has 1 N–H and O–H groups in total. The van der Waals surface area contributed by atoms with E-state index in [2.05, 4.69) is 15.5 Å². The first-order valence-electron chi connectivity index (χ1n) is 8.40. The molecule has 0 saturated carbocycles. The van der Waals surface area contributed by atoms with Gasteiger partial charge in [-0.3, -0.25) is 9.59 Å². The van der Waals surface area contributed by atoms with E-state index < -0.39 is 0 Å². The molecule has 1 aromatic carbocycles. The highest BCUT2D eigenvalue weighted by Crippen LogP contribution is 2.12. The van der Waals surface area contributed by atoms with Crippen LogP contribution in [-0.4, -0.2) is 58.0 Å². The minimum absolute atomic E-state index is 0.0352. The van der Waals surface area contributed by atoms with E-state index in [1.54, 1.807) is 28.9 Å². The third-order valence-corrected chi connectivity index (χ3v) is 4.53. The van der Waals surface area contributed by atoms with Crippen molar-refractivity contribution in [2.24, 2.45) is 0 Å². The number of anilines is 1. The van der Waals surface area contributed by atoms with Crippen LogP contribution in [0.25, 0.3) is 0 Å². The predicted molar refractivity (Wildman–Crippen MR) is 99.0 cm³/mol. The number of piperazine rings is 1. The lowest BCUT2D eigenvalue weighted by Crippen LogP contribution is -2.50. The molecule has 0 unspecified atom stereocenters. The van der Waals surface area contributed by atoms with Crippen LogP contribution in [-0.2, 0) is 11.3 Å². The summed E-state index contributed by atoms with van der Waals surface area (Å²) in [5.74, 6) is 0.468. The monoisotopic (exact) mass is 373 g/mol. The maximum Gasteiger partial charge on any atom is 0.274 e. The molecule has 2 heterocycles. The van der Waals surface area contributed by atoms with E-state index in [-0.39, 0.29) is 11.8 Å². The molecule has 136 valence electrons. The molecule has 0 atom stereocenters. The third kappa shape index (κ3) is 4.49. The van der Waals surface area contributed by atoms with E-state index in [0.29, 0.717) is 49.3 Å². The van der Waals surface area contributed by atoms with E-state index in [4.69, 9.17) is 11.6 Å². The van der Waals surface area contributed by atoms with Crippen molar-refractivity contribution in [2.45, 2.75) is 13.5 Å². The van der Waals surface area contributed by atoms with E-state index in [0.717, 1.165) is 5.56 Å². The average Bonchev–Trinajstić information content (AvgIpc) is 2.67. The third-order valence-electron chi connectivity index (χ3n) is 4.28. The van der Waals surface area contributed by atoms with E-state index in [1.807, 2.05) is 24.3 Å². The van der Waals surface area contributed by atoms with Gasteiger partial charge in [0.05, 0.1) is 0 Å². The van der Waals surface area contributed by atoms with Crippen molar-refractivity contribution in [3.63, 3.8) is 0 Å². The number of rotatable bonds is 4. The quantitative estimate of drug-likeness (QED) is 0.887. The van der Waals surface area contributed by atoms with Gasteiger partial charge < -0.3 is 15.1 Å². The van der Waals surface area contributed by atoms with Gasteiger partial charge in [0.2, 0.25) is 5.91 Å². The summed E-state index contributed by atoms with van der Waals surface area (Å²) in [6.45, 7) is 4.25. The lowest BCUT2D eigenvalue weighted by atomic mass is 10.2. The minimum atomic E-state index is -0.162. The Kier molecular flexibility index (Phi) is 5.68. The summed E-state index contributed by atoms with van der Waals surface area (Å²) < 4.78 is 0. The minimum Gasteiger partial charge on any atom is -0.365 e. The van der Waals surface area contributed by atoms with Crippen molar-refractivity contribution in [3.8, 4) is 0 Å². The molecule has 0 spiro atoms. The van der Waals surface area contributed by atoms with Gasteiger partial charge in [-0.1, -0.05) is 23.7 Å². The Labute approximate surface area is 157 Å². The fraction of sp³-hybridized carbons (Fsp3) is 0.333. The summed E-state index contributed by atoms with van der Waals surface area (Å²) in [6.07, 6.45) is 0. The topological polar surface area (TPSA) is 78.4 Å². The van der Waals surface area contributed by atoms with Crippen LogP contribution < -0.4 is 5.32 Å². The van der Waals surface area contributed by atoms with Crippen LogP contribution in [0.15, 0.2) is 36.4 Å². The first-order chi connectivity index (χ1) is 12.5. The highest BCUT2D eigenvalue weighted by Gasteiger charge is 2.24. The molecule has 2 amide bonds. The van der Waals surface area contributed by atoms with Crippen LogP contribution in [0.2, 0.25) is 5.02 Å². The summed E-state index contributed by atoms with van der Waals surface area (Å²) in [5, 5.41) is 12.0. The Morgan fingerprint density at radius 2 is 1.65 bits per heavy atom. The Hall–Kier alpha value is -2.67. The van der Waals surface area contributed by atoms with Gasteiger partial charge >= 0.3 is 0 Å². The van der Waals surface area contributed by atoms with Gasteiger partial charge in [0.1, 0.15) is 5.82 Å². The van der Waals surface area contributed by atoms with Gasteiger partial charge in [0.15, 0.2) is 5.69 Å². The number of halogens is 1. The first kappa shape index (κ1) is 18.1. The molecule has 1 aliphatic heterocycles. The number of carbonyl (C=O) groups excluding carboxylic acids is 2. The molecule has 7 nitrogen and oxygen atoms in total. The summed E-state index contributed by atoms with van der Waals surface area (Å²) in [6, 6.07) is 10.9. The van der Waals surface area contributed by atoms with Crippen molar-refractivity contribution in [2.75, 3.05) is 31.5 Å². The second kappa shape index (κ2) is 8.14. The Balaban J connectivity index is 1.54. The number of hydrogen-bond donors (Lipinski definition) is 1. The van der Waals surface area contributed by atoms with Crippen LogP contribution in [0, 0.1) is 0 Å². The number of aromatic nitrogens is 2. The zero-order valence-corrected chi connectivity index (χ0v) is 15.2.